The molecule has 0 spiro atoms. The number of nitrogens with one attached hydrogen (secondary N) is 1. The molecule has 0 saturated heterocycles. The van der Waals surface area contributed by atoms with Crippen LogP contribution in [0.2, 0.25) is 0 Å². The zero-order valence-corrected chi connectivity index (χ0v) is 10.7. The maximum Gasteiger partial charge on any atom is 0.257 e. The number of hydrogen-bond donors (Lipinski definition) is 2. The summed E-state index contributed by atoms with van der Waals surface area (Å²) >= 11 is 4.15. The van der Waals surface area contributed by atoms with E-state index in [0.29, 0.717) is 9.47 Å². The molecule has 0 saturated carbocycles. The van der Waals surface area contributed by atoms with Crippen LogP contribution in [0.25, 0.3) is 0 Å². The Morgan fingerprint density at radius 3 is 2.94 bits per heavy atom. The van der Waals surface area contributed by atoms with Crippen molar-refractivity contribution in [2.75, 3.05) is 11.1 Å². The van der Waals surface area contributed by atoms with E-state index >= 15 is 0 Å². The first-order chi connectivity index (χ1) is 8.08. The summed E-state index contributed by atoms with van der Waals surface area (Å²) in [6.45, 7) is 0. The number of nitrogens with two attached hydrogens (primary N) is 1. The molecule has 0 radical (unpaired) electrons. The van der Waals surface area contributed by atoms with Crippen molar-refractivity contribution in [3.8, 4) is 0 Å². The summed E-state index contributed by atoms with van der Waals surface area (Å²) in [6.07, 6.45) is 1.42. The lowest BCUT2D eigenvalue weighted by Gasteiger charge is -2.06. The molecule has 0 atom stereocenters. The highest BCUT2D eigenvalue weighted by molar-refractivity contribution is 9.10. The first kappa shape index (κ1) is 11.9. The summed E-state index contributed by atoms with van der Waals surface area (Å²) in [4.78, 5) is 11.8. The van der Waals surface area contributed by atoms with Gasteiger partial charge < -0.3 is 11.1 Å². The van der Waals surface area contributed by atoms with Crippen molar-refractivity contribution in [2.45, 2.75) is 0 Å². The van der Waals surface area contributed by atoms with Crippen LogP contribution in [0.5, 0.6) is 0 Å². The summed E-state index contributed by atoms with van der Waals surface area (Å²) < 4.78 is 17.0. The summed E-state index contributed by atoms with van der Waals surface area (Å²) in [5, 5.41) is 6.66. The van der Waals surface area contributed by atoms with Crippen molar-refractivity contribution in [1.29, 1.82) is 0 Å². The van der Waals surface area contributed by atoms with Gasteiger partial charge in [0.25, 0.3) is 5.91 Å². The summed E-state index contributed by atoms with van der Waals surface area (Å²) in [5.41, 5.74) is 5.57. The van der Waals surface area contributed by atoms with Crippen LogP contribution in [-0.4, -0.2) is 15.5 Å². The molecule has 2 rings (SSSR count). The Balaban J connectivity index is 2.28. The SMILES string of the molecule is Nc1cc(C(=O)Nc2cnns2)c(Br)cc1F. The van der Waals surface area contributed by atoms with Crippen LogP contribution < -0.4 is 11.1 Å². The van der Waals surface area contributed by atoms with Gasteiger partial charge in [0.2, 0.25) is 0 Å². The molecule has 1 aromatic carbocycles. The van der Waals surface area contributed by atoms with E-state index in [4.69, 9.17) is 5.73 Å². The minimum Gasteiger partial charge on any atom is -0.396 e. The van der Waals surface area contributed by atoms with Gasteiger partial charge >= 0.3 is 0 Å². The largest absolute Gasteiger partial charge is 0.396 e. The molecule has 0 bridgehead atoms. The quantitative estimate of drug-likeness (QED) is 0.833. The third-order valence-electron chi connectivity index (χ3n) is 1.93. The normalized spacial score (nSPS) is 10.2. The number of amides is 1. The van der Waals surface area contributed by atoms with Crippen LogP contribution >= 0.6 is 27.5 Å². The number of carbonyl (C=O) groups excluding carboxylic acids is 1. The molecule has 0 aliphatic carbocycles. The zero-order chi connectivity index (χ0) is 12.4. The number of halogens is 2. The summed E-state index contributed by atoms with van der Waals surface area (Å²) in [5.74, 6) is -0.984. The predicted molar refractivity (Wildman–Crippen MR) is 66.4 cm³/mol. The molecule has 0 aliphatic rings. The fourth-order valence-corrected chi connectivity index (χ4v) is 2.05. The lowest BCUT2D eigenvalue weighted by Crippen LogP contribution is -2.12. The van der Waals surface area contributed by atoms with Crippen molar-refractivity contribution in [3.63, 3.8) is 0 Å². The smallest absolute Gasteiger partial charge is 0.257 e. The second-order valence-corrected chi connectivity index (χ2v) is 4.73. The lowest BCUT2D eigenvalue weighted by atomic mass is 10.2. The fraction of sp³-hybridized carbons (Fsp3) is 0. The van der Waals surface area contributed by atoms with E-state index in [2.05, 4.69) is 30.8 Å². The van der Waals surface area contributed by atoms with E-state index in [-0.39, 0.29) is 11.3 Å². The number of carbonyl (C=O) groups is 1. The first-order valence-electron chi connectivity index (χ1n) is 4.41. The van der Waals surface area contributed by atoms with Crippen LogP contribution in [0, 0.1) is 5.82 Å². The van der Waals surface area contributed by atoms with E-state index in [0.717, 1.165) is 17.6 Å². The van der Waals surface area contributed by atoms with Crippen molar-refractivity contribution >= 4 is 44.1 Å². The topological polar surface area (TPSA) is 80.9 Å². The highest BCUT2D eigenvalue weighted by atomic mass is 79.9. The highest BCUT2D eigenvalue weighted by Crippen LogP contribution is 2.24. The number of benzene rings is 1. The summed E-state index contributed by atoms with van der Waals surface area (Å²) in [6, 6.07) is 2.42. The molecule has 17 heavy (non-hydrogen) atoms. The Bertz CT molecular complexity index is 560. The van der Waals surface area contributed by atoms with Crippen molar-refractivity contribution in [2.24, 2.45) is 0 Å². The number of anilines is 2. The molecule has 1 heterocycles. The third-order valence-corrected chi connectivity index (χ3v) is 3.17. The van der Waals surface area contributed by atoms with Gasteiger partial charge in [-0.15, -0.1) is 5.10 Å². The Labute approximate surface area is 108 Å². The third kappa shape index (κ3) is 2.59. The van der Waals surface area contributed by atoms with Gasteiger partial charge in [0.1, 0.15) is 10.8 Å². The van der Waals surface area contributed by atoms with Crippen LogP contribution in [0.1, 0.15) is 10.4 Å². The fourth-order valence-electron chi connectivity index (χ4n) is 1.14. The zero-order valence-electron chi connectivity index (χ0n) is 8.28. The maximum atomic E-state index is 13.1. The van der Waals surface area contributed by atoms with E-state index in [9.17, 15) is 9.18 Å². The minimum atomic E-state index is -0.576. The minimum absolute atomic E-state index is 0.0826. The van der Waals surface area contributed by atoms with Gasteiger partial charge in [-0.2, -0.15) is 0 Å². The van der Waals surface area contributed by atoms with Crippen molar-refractivity contribution < 1.29 is 9.18 Å². The summed E-state index contributed by atoms with van der Waals surface area (Å²) in [7, 11) is 0. The second-order valence-electron chi connectivity index (χ2n) is 3.09. The molecule has 0 unspecified atom stereocenters. The van der Waals surface area contributed by atoms with Crippen LogP contribution in [-0.2, 0) is 0 Å². The van der Waals surface area contributed by atoms with E-state index in [1.165, 1.54) is 12.3 Å². The van der Waals surface area contributed by atoms with Crippen molar-refractivity contribution in [3.05, 3.63) is 34.2 Å². The van der Waals surface area contributed by atoms with Gasteiger partial charge in [0.05, 0.1) is 17.4 Å². The van der Waals surface area contributed by atoms with Crippen LogP contribution in [0.3, 0.4) is 0 Å². The predicted octanol–water partition coefficient (Wildman–Crippen LogP) is 2.27. The molecule has 2 aromatic rings. The number of aromatic nitrogens is 2. The Morgan fingerprint density at radius 2 is 2.29 bits per heavy atom. The van der Waals surface area contributed by atoms with Crippen molar-refractivity contribution in [1.82, 2.24) is 9.59 Å². The Kier molecular flexibility index (Phi) is 3.34. The average Bonchev–Trinajstić information content (AvgIpc) is 2.76. The molecule has 1 amide bonds. The van der Waals surface area contributed by atoms with E-state index in [1.54, 1.807) is 0 Å². The molecule has 0 aliphatic heterocycles. The van der Waals surface area contributed by atoms with Gasteiger partial charge in [-0.25, -0.2) is 4.39 Å². The molecule has 3 N–H and O–H groups in total. The van der Waals surface area contributed by atoms with Crippen LogP contribution in [0.4, 0.5) is 15.1 Å². The molecule has 5 nitrogen and oxygen atoms in total. The number of rotatable bonds is 2. The van der Waals surface area contributed by atoms with Crippen LogP contribution in [0.15, 0.2) is 22.8 Å². The monoisotopic (exact) mass is 316 g/mol. The molecular weight excluding hydrogens is 311 g/mol. The molecule has 8 heteroatoms. The number of nitrogens with zero attached hydrogens (tertiary/aromatic N) is 2. The van der Waals surface area contributed by atoms with E-state index in [1.807, 2.05) is 0 Å². The van der Waals surface area contributed by atoms with Gasteiger partial charge in [0.15, 0.2) is 0 Å². The first-order valence-corrected chi connectivity index (χ1v) is 5.98. The standard InChI is InChI=1S/C9H6BrFN4OS/c10-5-2-6(11)7(12)1-4(5)9(16)14-8-3-13-15-17-8/h1-3H,12H2,(H,14,16). The van der Waals surface area contributed by atoms with Gasteiger partial charge in [-0.3, -0.25) is 4.79 Å². The van der Waals surface area contributed by atoms with E-state index < -0.39 is 11.7 Å². The molecule has 88 valence electrons. The second kappa shape index (κ2) is 4.76. The van der Waals surface area contributed by atoms with Gasteiger partial charge in [0, 0.05) is 16.0 Å². The Hall–Kier alpha value is -1.54. The molecule has 1 aromatic heterocycles. The number of hydrogen-bond acceptors (Lipinski definition) is 5. The van der Waals surface area contributed by atoms with Gasteiger partial charge in [-0.1, -0.05) is 4.49 Å². The molecular formula is C9H6BrFN4OS. The number of nitrogen functional groups attached to an aromatic ring is 1. The maximum absolute atomic E-state index is 13.1. The Morgan fingerprint density at radius 1 is 1.53 bits per heavy atom. The van der Waals surface area contributed by atoms with Gasteiger partial charge in [-0.05, 0) is 28.1 Å². The highest BCUT2D eigenvalue weighted by Gasteiger charge is 2.14. The lowest BCUT2D eigenvalue weighted by molar-refractivity contribution is 0.102. The molecule has 0 fully saturated rings. The average molecular weight is 317 g/mol.